The molecule has 0 aromatic rings. The molecule has 1 atom stereocenters. The van der Waals surface area contributed by atoms with Crippen LogP contribution < -0.4 is 0 Å². The number of carbonyl (C=O) groups excluding carboxylic acids is 1. The first-order valence-corrected chi connectivity index (χ1v) is 4.76. The Bertz CT molecular complexity index is 110. The molecule has 2 heteroatoms. The van der Waals surface area contributed by atoms with Crippen LogP contribution in [0.1, 0.15) is 27.2 Å². The molecule has 0 aliphatic heterocycles. The molecule has 0 aliphatic rings. The summed E-state index contributed by atoms with van der Waals surface area (Å²) in [7, 11) is 0. The van der Waals surface area contributed by atoms with E-state index < -0.39 is 0 Å². The van der Waals surface area contributed by atoms with E-state index in [0.29, 0.717) is 11.7 Å². The van der Waals surface area contributed by atoms with E-state index in [1.165, 1.54) is 0 Å². The summed E-state index contributed by atoms with van der Waals surface area (Å²) >= 11 is 3.32. The molecule has 0 amide bonds. The van der Waals surface area contributed by atoms with Gasteiger partial charge in [-0.05, 0) is 19.3 Å². The van der Waals surface area contributed by atoms with Crippen LogP contribution in [0.15, 0.2) is 0 Å². The van der Waals surface area contributed by atoms with Gasteiger partial charge >= 0.3 is 0 Å². The molecule has 0 bridgehead atoms. The minimum Gasteiger partial charge on any atom is -0.300 e. The van der Waals surface area contributed by atoms with E-state index in [-0.39, 0.29) is 5.92 Å². The minimum atomic E-state index is 0.222. The lowest BCUT2D eigenvalue weighted by Gasteiger charge is -2.11. The van der Waals surface area contributed by atoms with Gasteiger partial charge in [-0.1, -0.05) is 29.8 Å². The lowest BCUT2D eigenvalue weighted by atomic mass is 9.96. The normalized spacial score (nSPS) is 13.7. The maximum Gasteiger partial charge on any atom is 0.133 e. The van der Waals surface area contributed by atoms with Crippen molar-refractivity contribution in [1.82, 2.24) is 0 Å². The highest BCUT2D eigenvalue weighted by Gasteiger charge is 2.13. The zero-order valence-corrected chi connectivity index (χ0v) is 8.44. The van der Waals surface area contributed by atoms with Crippen LogP contribution in [-0.2, 0) is 4.79 Å². The van der Waals surface area contributed by atoms with Crippen LogP contribution in [0.4, 0.5) is 0 Å². The first kappa shape index (κ1) is 10.2. The van der Waals surface area contributed by atoms with Crippen LogP contribution in [0.3, 0.4) is 0 Å². The van der Waals surface area contributed by atoms with Crippen LogP contribution in [0.2, 0.25) is 0 Å². The van der Waals surface area contributed by atoms with Gasteiger partial charge in [0.2, 0.25) is 0 Å². The smallest absolute Gasteiger partial charge is 0.133 e. The van der Waals surface area contributed by atoms with E-state index in [1.807, 2.05) is 0 Å². The number of hydrogen-bond donors (Lipinski definition) is 0. The Morgan fingerprint density at radius 3 is 2.10 bits per heavy atom. The van der Waals surface area contributed by atoms with Crippen LogP contribution in [-0.4, -0.2) is 11.1 Å². The summed E-state index contributed by atoms with van der Waals surface area (Å²) in [5.41, 5.74) is 0. The molecule has 60 valence electrons. The quantitative estimate of drug-likeness (QED) is 0.647. The summed E-state index contributed by atoms with van der Waals surface area (Å²) in [5.74, 6) is 1.14. The van der Waals surface area contributed by atoms with Crippen LogP contribution in [0.25, 0.3) is 0 Å². The van der Waals surface area contributed by atoms with Crippen molar-refractivity contribution in [2.24, 2.45) is 11.8 Å². The molecule has 0 N–H and O–H groups in total. The van der Waals surface area contributed by atoms with Crippen molar-refractivity contribution in [3.05, 3.63) is 0 Å². The second kappa shape index (κ2) is 4.89. The predicted molar refractivity (Wildman–Crippen MR) is 47.4 cm³/mol. The van der Waals surface area contributed by atoms with Gasteiger partial charge in [-0.2, -0.15) is 0 Å². The van der Waals surface area contributed by atoms with Gasteiger partial charge in [0.05, 0.1) is 0 Å². The Morgan fingerprint density at radius 2 is 2.00 bits per heavy atom. The van der Waals surface area contributed by atoms with Crippen LogP contribution in [0.5, 0.6) is 0 Å². The van der Waals surface area contributed by atoms with Gasteiger partial charge in [0.15, 0.2) is 0 Å². The Morgan fingerprint density at radius 1 is 1.50 bits per heavy atom. The molecule has 0 radical (unpaired) electrons. The molecule has 0 fully saturated rings. The SMILES string of the molecule is CC(=O)C(CBr)CC(C)C. The summed E-state index contributed by atoms with van der Waals surface area (Å²) in [6, 6.07) is 0. The molecule has 0 aromatic carbocycles. The van der Waals surface area contributed by atoms with E-state index in [2.05, 4.69) is 29.8 Å². The molecule has 0 rings (SSSR count). The average Bonchev–Trinajstić information content (AvgIpc) is 1.81. The summed E-state index contributed by atoms with van der Waals surface area (Å²) in [5, 5.41) is 0.806. The Hall–Kier alpha value is 0.150. The van der Waals surface area contributed by atoms with Gasteiger partial charge in [-0.25, -0.2) is 0 Å². The fraction of sp³-hybridized carbons (Fsp3) is 0.875. The molecule has 0 aromatic heterocycles. The highest BCUT2D eigenvalue weighted by atomic mass is 79.9. The maximum atomic E-state index is 10.9. The average molecular weight is 207 g/mol. The molecule has 10 heavy (non-hydrogen) atoms. The molecular formula is C8H15BrO. The van der Waals surface area contributed by atoms with Gasteiger partial charge in [0.1, 0.15) is 5.78 Å². The molecular weight excluding hydrogens is 192 g/mol. The summed E-state index contributed by atoms with van der Waals surface area (Å²) in [6.45, 7) is 5.94. The zero-order valence-electron chi connectivity index (χ0n) is 6.86. The Kier molecular flexibility index (Phi) is 4.96. The fourth-order valence-electron chi connectivity index (χ4n) is 0.907. The first-order chi connectivity index (χ1) is 4.57. The van der Waals surface area contributed by atoms with Crippen molar-refractivity contribution in [3.63, 3.8) is 0 Å². The molecule has 0 heterocycles. The molecule has 0 saturated heterocycles. The van der Waals surface area contributed by atoms with Gasteiger partial charge in [0.25, 0.3) is 0 Å². The summed E-state index contributed by atoms with van der Waals surface area (Å²) in [4.78, 5) is 10.9. The fourth-order valence-corrected chi connectivity index (χ4v) is 1.63. The second-order valence-electron chi connectivity index (χ2n) is 3.09. The van der Waals surface area contributed by atoms with Gasteiger partial charge in [-0.15, -0.1) is 0 Å². The topological polar surface area (TPSA) is 17.1 Å². The van der Waals surface area contributed by atoms with Crippen molar-refractivity contribution >= 4 is 21.7 Å². The largest absolute Gasteiger partial charge is 0.300 e. The minimum absolute atomic E-state index is 0.222. The molecule has 1 unspecified atom stereocenters. The third kappa shape index (κ3) is 4.04. The number of rotatable bonds is 4. The van der Waals surface area contributed by atoms with Crippen molar-refractivity contribution in [2.45, 2.75) is 27.2 Å². The number of ketones is 1. The van der Waals surface area contributed by atoms with Crippen molar-refractivity contribution < 1.29 is 4.79 Å². The Labute approximate surface area is 71.3 Å². The van der Waals surface area contributed by atoms with Crippen molar-refractivity contribution in [3.8, 4) is 0 Å². The number of halogens is 1. The summed E-state index contributed by atoms with van der Waals surface area (Å²) < 4.78 is 0. The van der Waals surface area contributed by atoms with E-state index in [4.69, 9.17) is 0 Å². The van der Waals surface area contributed by atoms with Gasteiger partial charge in [-0.3, -0.25) is 4.79 Å². The number of hydrogen-bond acceptors (Lipinski definition) is 1. The predicted octanol–water partition coefficient (Wildman–Crippen LogP) is 2.63. The standard InChI is InChI=1S/C8H15BrO/c1-6(2)4-8(5-9)7(3)10/h6,8H,4-5H2,1-3H3. The zero-order chi connectivity index (χ0) is 8.15. The third-order valence-corrected chi connectivity index (χ3v) is 2.30. The molecule has 0 aliphatic carbocycles. The highest BCUT2D eigenvalue weighted by Crippen LogP contribution is 2.14. The van der Waals surface area contributed by atoms with E-state index in [1.54, 1.807) is 6.92 Å². The molecule has 0 spiro atoms. The summed E-state index contributed by atoms with van der Waals surface area (Å²) in [6.07, 6.45) is 1.00. The number of Topliss-reactive ketones (excluding diaryl/α,β-unsaturated/α-hetero) is 1. The molecule has 1 nitrogen and oxygen atoms in total. The lowest BCUT2D eigenvalue weighted by molar-refractivity contribution is -0.120. The maximum absolute atomic E-state index is 10.9. The second-order valence-corrected chi connectivity index (χ2v) is 3.74. The third-order valence-electron chi connectivity index (χ3n) is 1.52. The lowest BCUT2D eigenvalue weighted by Crippen LogP contribution is -2.14. The van der Waals surface area contributed by atoms with Crippen LogP contribution in [0, 0.1) is 11.8 Å². The van der Waals surface area contributed by atoms with Gasteiger partial charge in [0, 0.05) is 11.2 Å². The number of alkyl halides is 1. The number of carbonyl (C=O) groups is 1. The first-order valence-electron chi connectivity index (χ1n) is 3.64. The van der Waals surface area contributed by atoms with Crippen molar-refractivity contribution in [1.29, 1.82) is 0 Å². The highest BCUT2D eigenvalue weighted by molar-refractivity contribution is 9.09. The molecule has 0 saturated carbocycles. The van der Waals surface area contributed by atoms with Gasteiger partial charge < -0.3 is 0 Å². The van der Waals surface area contributed by atoms with E-state index in [9.17, 15) is 4.79 Å². The van der Waals surface area contributed by atoms with Crippen LogP contribution >= 0.6 is 15.9 Å². The van der Waals surface area contributed by atoms with E-state index >= 15 is 0 Å². The Balaban J connectivity index is 3.72. The van der Waals surface area contributed by atoms with Crippen molar-refractivity contribution in [2.75, 3.05) is 5.33 Å². The monoisotopic (exact) mass is 206 g/mol. The van der Waals surface area contributed by atoms with E-state index in [0.717, 1.165) is 11.8 Å².